The summed E-state index contributed by atoms with van der Waals surface area (Å²) in [7, 11) is -3.10. The zero-order valence-corrected chi connectivity index (χ0v) is 15.9. The summed E-state index contributed by atoms with van der Waals surface area (Å²) in [6, 6.07) is 5.88. The van der Waals surface area contributed by atoms with E-state index in [0.29, 0.717) is 19.0 Å². The van der Waals surface area contributed by atoms with Crippen LogP contribution in [0.3, 0.4) is 0 Å². The van der Waals surface area contributed by atoms with Crippen LogP contribution in [0.2, 0.25) is 0 Å². The quantitative estimate of drug-likeness (QED) is 0.782. The molecule has 0 spiro atoms. The molecule has 1 aromatic carbocycles. The molecule has 0 aliphatic carbocycles. The van der Waals surface area contributed by atoms with Crippen molar-refractivity contribution in [2.75, 3.05) is 19.3 Å². The van der Waals surface area contributed by atoms with E-state index in [2.05, 4.69) is 31.9 Å². The predicted molar refractivity (Wildman–Crippen MR) is 92.5 cm³/mol. The molecule has 118 valence electrons. The summed E-state index contributed by atoms with van der Waals surface area (Å²) in [4.78, 5) is 0. The summed E-state index contributed by atoms with van der Waals surface area (Å²) in [5.74, 6) is 0.319. The van der Waals surface area contributed by atoms with Crippen molar-refractivity contribution >= 4 is 41.9 Å². The first-order chi connectivity index (χ1) is 9.77. The van der Waals surface area contributed by atoms with Crippen molar-refractivity contribution in [2.24, 2.45) is 11.7 Å². The summed E-state index contributed by atoms with van der Waals surface area (Å²) < 4.78 is 26.9. The number of nitrogens with two attached hydrogens (primary N) is 1. The second-order valence-electron chi connectivity index (χ2n) is 5.64. The molecule has 2 rings (SSSR count). The fraction of sp³-hybridized carbons (Fsp3) is 0.571. The highest BCUT2D eigenvalue weighted by Gasteiger charge is 2.27. The number of halogens is 2. The zero-order valence-electron chi connectivity index (χ0n) is 11.9. The van der Waals surface area contributed by atoms with Crippen LogP contribution in [0.4, 0.5) is 0 Å². The molecule has 7 heteroatoms. The molecule has 1 fully saturated rings. The van der Waals surface area contributed by atoms with Gasteiger partial charge in [-0.1, -0.05) is 37.9 Å². The number of nitrogens with zero attached hydrogens (tertiary/aromatic N) is 1. The van der Waals surface area contributed by atoms with Gasteiger partial charge in [-0.3, -0.25) is 0 Å². The Kier molecular flexibility index (Phi) is 5.87. The SMILES string of the molecule is CS(=O)(=O)N1CCCC(CC(N)c2ccc(Br)cc2Br)C1. The number of benzene rings is 1. The van der Waals surface area contributed by atoms with Crippen LogP contribution in [0, 0.1) is 5.92 Å². The van der Waals surface area contributed by atoms with Gasteiger partial charge in [0.15, 0.2) is 0 Å². The fourth-order valence-electron chi connectivity index (χ4n) is 2.81. The van der Waals surface area contributed by atoms with Gasteiger partial charge in [0.05, 0.1) is 6.26 Å². The van der Waals surface area contributed by atoms with Gasteiger partial charge in [-0.2, -0.15) is 0 Å². The van der Waals surface area contributed by atoms with Gasteiger partial charge in [0, 0.05) is 28.1 Å². The maximum Gasteiger partial charge on any atom is 0.211 e. The Hall–Kier alpha value is 0.0500. The van der Waals surface area contributed by atoms with Crippen LogP contribution in [0.5, 0.6) is 0 Å². The average molecular weight is 440 g/mol. The van der Waals surface area contributed by atoms with Gasteiger partial charge in [0.2, 0.25) is 10.0 Å². The third-order valence-corrected chi connectivity index (χ3v) is 6.35. The molecule has 0 aromatic heterocycles. The Morgan fingerprint density at radius 1 is 1.43 bits per heavy atom. The second kappa shape index (κ2) is 7.08. The summed E-state index contributed by atoms with van der Waals surface area (Å²) in [5, 5.41) is 0. The minimum Gasteiger partial charge on any atom is -0.324 e. The van der Waals surface area contributed by atoms with Crippen molar-refractivity contribution in [3.63, 3.8) is 0 Å². The molecule has 1 aliphatic rings. The number of rotatable bonds is 4. The lowest BCUT2D eigenvalue weighted by Crippen LogP contribution is -2.40. The van der Waals surface area contributed by atoms with Gasteiger partial charge < -0.3 is 5.73 Å². The van der Waals surface area contributed by atoms with Crippen LogP contribution >= 0.6 is 31.9 Å². The summed E-state index contributed by atoms with van der Waals surface area (Å²) in [5.41, 5.74) is 7.38. The van der Waals surface area contributed by atoms with E-state index in [1.165, 1.54) is 6.26 Å². The first-order valence-corrected chi connectivity index (χ1v) is 10.4. The average Bonchev–Trinajstić information content (AvgIpc) is 2.37. The molecule has 1 saturated heterocycles. The van der Waals surface area contributed by atoms with Gasteiger partial charge in [-0.15, -0.1) is 0 Å². The van der Waals surface area contributed by atoms with E-state index >= 15 is 0 Å². The van der Waals surface area contributed by atoms with Crippen molar-refractivity contribution in [3.8, 4) is 0 Å². The number of hydrogen-bond acceptors (Lipinski definition) is 3. The van der Waals surface area contributed by atoms with E-state index in [4.69, 9.17) is 5.73 Å². The lowest BCUT2D eigenvalue weighted by molar-refractivity contribution is 0.247. The Bertz CT molecular complexity index is 607. The molecular formula is C14H20Br2N2O2S. The number of sulfonamides is 1. The van der Waals surface area contributed by atoms with E-state index in [0.717, 1.165) is 33.8 Å². The van der Waals surface area contributed by atoms with Gasteiger partial charge in [-0.05, 0) is 42.9 Å². The smallest absolute Gasteiger partial charge is 0.211 e. The topological polar surface area (TPSA) is 63.4 Å². The highest BCUT2D eigenvalue weighted by atomic mass is 79.9. The first-order valence-electron chi connectivity index (χ1n) is 6.93. The minimum atomic E-state index is -3.10. The van der Waals surface area contributed by atoms with Crippen LogP contribution in [0.15, 0.2) is 27.1 Å². The fourth-order valence-corrected chi connectivity index (χ4v) is 5.09. The van der Waals surface area contributed by atoms with Crippen molar-refractivity contribution in [3.05, 3.63) is 32.7 Å². The Morgan fingerprint density at radius 3 is 2.76 bits per heavy atom. The Balaban J connectivity index is 2.03. The molecule has 0 radical (unpaired) electrons. The number of piperidine rings is 1. The third-order valence-electron chi connectivity index (χ3n) is 3.90. The highest BCUT2D eigenvalue weighted by Crippen LogP contribution is 2.31. The zero-order chi connectivity index (χ0) is 15.6. The third kappa shape index (κ3) is 4.76. The molecule has 1 heterocycles. The maximum absolute atomic E-state index is 11.7. The molecule has 0 bridgehead atoms. The summed E-state index contributed by atoms with van der Waals surface area (Å²) in [6.45, 7) is 1.22. The van der Waals surface area contributed by atoms with Gasteiger partial charge in [-0.25, -0.2) is 12.7 Å². The monoisotopic (exact) mass is 438 g/mol. The standard InChI is InChI=1S/C14H20Br2N2O2S/c1-21(19,20)18-6-2-3-10(9-18)7-14(17)12-5-4-11(15)8-13(12)16/h4-5,8,10,14H,2-3,6-7,9,17H2,1H3. The molecule has 0 saturated carbocycles. The lowest BCUT2D eigenvalue weighted by atomic mass is 9.90. The van der Waals surface area contributed by atoms with Crippen molar-refractivity contribution < 1.29 is 8.42 Å². The van der Waals surface area contributed by atoms with E-state index in [-0.39, 0.29) is 6.04 Å². The summed E-state index contributed by atoms with van der Waals surface area (Å²) >= 11 is 6.97. The van der Waals surface area contributed by atoms with Crippen LogP contribution in [-0.4, -0.2) is 32.1 Å². The molecule has 0 amide bonds. The number of hydrogen-bond donors (Lipinski definition) is 1. The molecule has 2 N–H and O–H groups in total. The summed E-state index contributed by atoms with van der Waals surface area (Å²) in [6.07, 6.45) is 4.02. The van der Waals surface area contributed by atoms with E-state index < -0.39 is 10.0 Å². The predicted octanol–water partition coefficient (Wildman–Crippen LogP) is 3.27. The Labute approximate surface area is 143 Å². The molecule has 1 aliphatic heterocycles. The van der Waals surface area contributed by atoms with Crippen LogP contribution in [0.25, 0.3) is 0 Å². The molecule has 1 aromatic rings. The molecule has 4 nitrogen and oxygen atoms in total. The van der Waals surface area contributed by atoms with Crippen LogP contribution in [0.1, 0.15) is 30.9 Å². The maximum atomic E-state index is 11.7. The van der Waals surface area contributed by atoms with Crippen molar-refractivity contribution in [2.45, 2.75) is 25.3 Å². The molecular weight excluding hydrogens is 420 g/mol. The molecule has 2 unspecified atom stereocenters. The lowest BCUT2D eigenvalue weighted by Gasteiger charge is -2.32. The van der Waals surface area contributed by atoms with Crippen molar-refractivity contribution in [1.29, 1.82) is 0 Å². The van der Waals surface area contributed by atoms with Gasteiger partial charge in [0.1, 0.15) is 0 Å². The van der Waals surface area contributed by atoms with Crippen molar-refractivity contribution in [1.82, 2.24) is 4.31 Å². The van der Waals surface area contributed by atoms with Crippen LogP contribution < -0.4 is 5.73 Å². The largest absolute Gasteiger partial charge is 0.324 e. The van der Waals surface area contributed by atoms with Gasteiger partial charge in [0.25, 0.3) is 0 Å². The highest BCUT2D eigenvalue weighted by molar-refractivity contribution is 9.11. The van der Waals surface area contributed by atoms with E-state index in [1.54, 1.807) is 4.31 Å². The first kappa shape index (κ1) is 17.4. The Morgan fingerprint density at radius 2 is 2.14 bits per heavy atom. The molecule has 2 atom stereocenters. The molecule has 21 heavy (non-hydrogen) atoms. The van der Waals surface area contributed by atoms with Gasteiger partial charge >= 0.3 is 0 Å². The van der Waals surface area contributed by atoms with E-state index in [9.17, 15) is 8.42 Å². The second-order valence-corrected chi connectivity index (χ2v) is 9.39. The normalized spacial score (nSPS) is 22.2. The van der Waals surface area contributed by atoms with E-state index in [1.807, 2.05) is 18.2 Å². The minimum absolute atomic E-state index is 0.0861. The van der Waals surface area contributed by atoms with Crippen LogP contribution in [-0.2, 0) is 10.0 Å².